The summed E-state index contributed by atoms with van der Waals surface area (Å²) in [5, 5.41) is 10.6. The maximum absolute atomic E-state index is 13.7. The zero-order valence-corrected chi connectivity index (χ0v) is 27.6. The van der Waals surface area contributed by atoms with E-state index >= 15 is 0 Å². The van der Waals surface area contributed by atoms with E-state index in [0.29, 0.717) is 22.5 Å². The van der Waals surface area contributed by atoms with E-state index in [0.717, 1.165) is 28.0 Å². The summed E-state index contributed by atoms with van der Waals surface area (Å²) >= 11 is 0. The SMILES string of the molecule is CN(C(=O)c1ccc(-c2ccccc2)nc1)c1cc(BOC(C)(C)C(C)(C)O)cc(N(C)C(=O)c2ccc(-c3ccccc3)nc2)c1. The van der Waals surface area contributed by atoms with Crippen LogP contribution < -0.4 is 15.3 Å². The number of rotatable bonds is 10. The van der Waals surface area contributed by atoms with E-state index in [1.54, 1.807) is 58.5 Å². The smallest absolute Gasteiger partial charge is 0.309 e. The molecule has 1 N–H and O–H groups in total. The molecule has 0 fully saturated rings. The normalized spacial score (nSPS) is 11.6. The molecule has 3 aromatic carbocycles. The summed E-state index contributed by atoms with van der Waals surface area (Å²) in [7, 11) is 3.51. The summed E-state index contributed by atoms with van der Waals surface area (Å²) in [6.45, 7) is 7.03. The zero-order chi connectivity index (χ0) is 33.8. The molecular formula is C38H39BN4O4. The molecule has 5 aromatic rings. The van der Waals surface area contributed by atoms with E-state index in [2.05, 4.69) is 9.97 Å². The molecule has 2 heterocycles. The van der Waals surface area contributed by atoms with Crippen LogP contribution in [0.2, 0.25) is 0 Å². The predicted octanol–water partition coefficient (Wildman–Crippen LogP) is 5.91. The van der Waals surface area contributed by atoms with E-state index in [4.69, 9.17) is 4.65 Å². The first-order valence-electron chi connectivity index (χ1n) is 15.4. The fourth-order valence-electron chi connectivity index (χ4n) is 4.79. The minimum atomic E-state index is -1.11. The number of hydrogen-bond acceptors (Lipinski definition) is 6. The molecule has 0 saturated heterocycles. The van der Waals surface area contributed by atoms with Crippen LogP contribution in [0.25, 0.3) is 22.5 Å². The highest BCUT2D eigenvalue weighted by Gasteiger charge is 2.35. The van der Waals surface area contributed by atoms with Crippen molar-refractivity contribution in [1.29, 1.82) is 0 Å². The minimum absolute atomic E-state index is 0.141. The molecule has 0 aliphatic carbocycles. The Morgan fingerprint density at radius 2 is 1.09 bits per heavy atom. The van der Waals surface area contributed by atoms with Crippen molar-refractivity contribution in [2.45, 2.75) is 38.9 Å². The molecule has 0 spiro atoms. The van der Waals surface area contributed by atoms with Crippen LogP contribution in [-0.2, 0) is 4.65 Å². The first-order chi connectivity index (χ1) is 22.3. The average Bonchev–Trinajstić information content (AvgIpc) is 3.09. The molecular weight excluding hydrogens is 587 g/mol. The van der Waals surface area contributed by atoms with Gasteiger partial charge < -0.3 is 19.6 Å². The number of hydrogen-bond donors (Lipinski definition) is 1. The van der Waals surface area contributed by atoms with Crippen LogP contribution in [-0.4, -0.2) is 59.7 Å². The maximum atomic E-state index is 13.7. The van der Waals surface area contributed by atoms with Crippen LogP contribution in [0.15, 0.2) is 116 Å². The summed E-state index contributed by atoms with van der Waals surface area (Å²) < 4.78 is 6.17. The standard InChI is InChI=1S/C38H39BN4O4/c1-37(2,46)38(3,4)47-39-30-21-31(42(5)35(44)28-17-19-33(40-24-28)26-13-9-7-10-14-26)23-32(22-30)43(6)36(45)29-18-20-34(41-25-29)27-15-11-8-12-16-27/h7-25,39,46H,1-6H3. The summed E-state index contributed by atoms with van der Waals surface area (Å²) in [5.41, 5.74) is 4.19. The average molecular weight is 627 g/mol. The van der Waals surface area contributed by atoms with Gasteiger partial charge in [-0.25, -0.2) is 0 Å². The number of aliphatic hydroxyl groups is 1. The lowest BCUT2D eigenvalue weighted by Crippen LogP contribution is -2.49. The van der Waals surface area contributed by atoms with E-state index in [-0.39, 0.29) is 19.3 Å². The van der Waals surface area contributed by atoms with Gasteiger partial charge in [-0.3, -0.25) is 19.6 Å². The Hall–Kier alpha value is -5.12. The van der Waals surface area contributed by atoms with Gasteiger partial charge in [0.2, 0.25) is 0 Å². The molecule has 0 radical (unpaired) electrons. The second-order valence-corrected chi connectivity index (χ2v) is 12.5. The van der Waals surface area contributed by atoms with E-state index in [9.17, 15) is 14.7 Å². The molecule has 238 valence electrons. The number of pyridine rings is 2. The summed E-state index contributed by atoms with van der Waals surface area (Å²) in [5.74, 6) is -0.514. The Balaban J connectivity index is 1.43. The number of nitrogens with zero attached hydrogens (tertiary/aromatic N) is 4. The molecule has 2 aromatic heterocycles. The van der Waals surface area contributed by atoms with Gasteiger partial charge in [0.1, 0.15) is 0 Å². The quantitative estimate of drug-likeness (QED) is 0.194. The van der Waals surface area contributed by atoms with Crippen LogP contribution >= 0.6 is 0 Å². The van der Waals surface area contributed by atoms with Gasteiger partial charge in [-0.2, -0.15) is 0 Å². The van der Waals surface area contributed by atoms with Crippen LogP contribution in [0, 0.1) is 0 Å². The van der Waals surface area contributed by atoms with Gasteiger partial charge in [-0.15, -0.1) is 0 Å². The Bertz CT molecular complexity index is 1720. The molecule has 0 saturated carbocycles. The van der Waals surface area contributed by atoms with Gasteiger partial charge in [-0.1, -0.05) is 60.7 Å². The van der Waals surface area contributed by atoms with Crippen molar-refractivity contribution in [2.75, 3.05) is 23.9 Å². The molecule has 2 amide bonds. The van der Waals surface area contributed by atoms with Crippen LogP contribution in [0.5, 0.6) is 0 Å². The van der Waals surface area contributed by atoms with Crippen LogP contribution in [0.3, 0.4) is 0 Å². The van der Waals surface area contributed by atoms with Crippen molar-refractivity contribution in [3.05, 3.63) is 127 Å². The fraction of sp³-hybridized carbons (Fsp3) is 0.211. The van der Waals surface area contributed by atoms with Crippen molar-refractivity contribution in [3.8, 4) is 22.5 Å². The number of aromatic nitrogens is 2. The molecule has 8 nitrogen and oxygen atoms in total. The topological polar surface area (TPSA) is 95.9 Å². The van der Waals surface area contributed by atoms with Gasteiger partial charge in [0.15, 0.2) is 0 Å². The lowest BCUT2D eigenvalue weighted by molar-refractivity contribution is -0.0893. The molecule has 0 aliphatic heterocycles. The van der Waals surface area contributed by atoms with Crippen LogP contribution in [0.4, 0.5) is 11.4 Å². The third-order valence-corrected chi connectivity index (χ3v) is 8.58. The van der Waals surface area contributed by atoms with Gasteiger partial charge in [0.05, 0.1) is 33.7 Å². The molecule has 0 aliphatic rings. The Morgan fingerprint density at radius 3 is 1.45 bits per heavy atom. The largest absolute Gasteiger partial charge is 0.427 e. The first kappa shape index (κ1) is 33.3. The summed E-state index contributed by atoms with van der Waals surface area (Å²) in [4.78, 5) is 39.4. The van der Waals surface area contributed by atoms with Crippen LogP contribution in [0.1, 0.15) is 48.4 Å². The Morgan fingerprint density at radius 1 is 0.660 bits per heavy atom. The third-order valence-electron chi connectivity index (χ3n) is 8.58. The van der Waals surface area contributed by atoms with Gasteiger partial charge in [-0.05, 0) is 75.6 Å². The van der Waals surface area contributed by atoms with Crippen molar-refractivity contribution in [2.24, 2.45) is 0 Å². The lowest BCUT2D eigenvalue weighted by Gasteiger charge is -2.37. The zero-order valence-electron chi connectivity index (χ0n) is 27.6. The molecule has 0 unspecified atom stereocenters. The summed E-state index contributed by atoms with van der Waals surface area (Å²) in [6, 6.07) is 32.2. The summed E-state index contributed by atoms with van der Waals surface area (Å²) in [6.07, 6.45) is 3.14. The van der Waals surface area contributed by atoms with E-state index < -0.39 is 11.2 Å². The van der Waals surface area contributed by atoms with Crippen molar-refractivity contribution in [3.63, 3.8) is 0 Å². The van der Waals surface area contributed by atoms with Gasteiger partial charge in [0, 0.05) is 49.0 Å². The van der Waals surface area contributed by atoms with Crippen molar-refractivity contribution >= 4 is 36.1 Å². The Labute approximate surface area is 277 Å². The number of carbonyl (C=O) groups is 2. The van der Waals surface area contributed by atoms with E-state index in [1.807, 2.05) is 98.8 Å². The molecule has 0 bridgehead atoms. The molecule has 0 atom stereocenters. The number of carbonyl (C=O) groups excluding carboxylic acids is 2. The monoisotopic (exact) mass is 626 g/mol. The molecule has 5 rings (SSSR count). The minimum Gasteiger partial charge on any atom is -0.427 e. The highest BCUT2D eigenvalue weighted by Crippen LogP contribution is 2.27. The van der Waals surface area contributed by atoms with Gasteiger partial charge >= 0.3 is 7.48 Å². The number of anilines is 2. The van der Waals surface area contributed by atoms with Crippen molar-refractivity contribution < 1.29 is 19.3 Å². The lowest BCUT2D eigenvalue weighted by atomic mass is 9.82. The third kappa shape index (κ3) is 7.65. The molecule has 9 heteroatoms. The predicted molar refractivity (Wildman–Crippen MR) is 189 cm³/mol. The number of benzene rings is 3. The number of amides is 2. The second-order valence-electron chi connectivity index (χ2n) is 12.5. The second kappa shape index (κ2) is 13.7. The highest BCUT2D eigenvalue weighted by molar-refractivity contribution is 6.47. The van der Waals surface area contributed by atoms with Crippen molar-refractivity contribution in [1.82, 2.24) is 9.97 Å². The fourth-order valence-corrected chi connectivity index (χ4v) is 4.79. The first-order valence-corrected chi connectivity index (χ1v) is 15.4. The maximum Gasteiger partial charge on any atom is 0.309 e. The van der Waals surface area contributed by atoms with E-state index in [1.165, 1.54) is 9.80 Å². The van der Waals surface area contributed by atoms with Gasteiger partial charge in [0.25, 0.3) is 11.8 Å². The highest BCUT2D eigenvalue weighted by atomic mass is 16.5. The Kier molecular flexibility index (Phi) is 9.70. The molecule has 47 heavy (non-hydrogen) atoms.